The predicted molar refractivity (Wildman–Crippen MR) is 117 cm³/mol. The number of anilines is 2. The van der Waals surface area contributed by atoms with Crippen LogP contribution in [0, 0.1) is 0 Å². The number of hydrogen-bond donors (Lipinski definition) is 2. The van der Waals surface area contributed by atoms with Crippen LogP contribution in [0.1, 0.15) is 25.6 Å². The first kappa shape index (κ1) is 20.1. The molecule has 30 heavy (non-hydrogen) atoms. The number of pyridine rings is 1. The third-order valence-electron chi connectivity index (χ3n) is 4.75. The van der Waals surface area contributed by atoms with Gasteiger partial charge in [-0.05, 0) is 53.4 Å². The summed E-state index contributed by atoms with van der Waals surface area (Å²) >= 11 is 1.38. The number of hydrogen-bond acceptors (Lipinski definition) is 6. The molecule has 1 aromatic carbocycles. The Bertz CT molecular complexity index is 999. The van der Waals surface area contributed by atoms with E-state index in [4.69, 9.17) is 4.74 Å². The van der Waals surface area contributed by atoms with Gasteiger partial charge in [-0.15, -0.1) is 11.3 Å². The number of nitrogens with zero attached hydrogens (tertiary/aromatic N) is 2. The van der Waals surface area contributed by atoms with Gasteiger partial charge in [0.05, 0.1) is 18.1 Å². The molecule has 1 aliphatic heterocycles. The van der Waals surface area contributed by atoms with Gasteiger partial charge in [0.25, 0.3) is 11.8 Å². The second kappa shape index (κ2) is 9.51. The van der Waals surface area contributed by atoms with E-state index in [9.17, 15) is 9.59 Å². The van der Waals surface area contributed by atoms with Crippen molar-refractivity contribution in [3.63, 3.8) is 0 Å². The van der Waals surface area contributed by atoms with Gasteiger partial charge in [0, 0.05) is 37.1 Å². The standard InChI is InChI=1S/C22H22N4O3S/c27-21(17-3-5-18(6-4-17)25-22(28)19-2-1-13-30-19)24-15-16-7-8-23-20(14-16)26-9-11-29-12-10-26/h1-8,13-14H,9-12,15H2,(H,24,27)(H,25,28). The molecule has 0 bridgehead atoms. The fourth-order valence-electron chi connectivity index (χ4n) is 3.13. The van der Waals surface area contributed by atoms with E-state index in [2.05, 4.69) is 20.5 Å². The van der Waals surface area contributed by atoms with E-state index in [1.54, 1.807) is 36.5 Å². The normalized spacial score (nSPS) is 13.7. The Labute approximate surface area is 178 Å². The highest BCUT2D eigenvalue weighted by atomic mass is 32.1. The van der Waals surface area contributed by atoms with Crippen LogP contribution in [0.2, 0.25) is 0 Å². The van der Waals surface area contributed by atoms with Crippen LogP contribution in [-0.4, -0.2) is 43.1 Å². The summed E-state index contributed by atoms with van der Waals surface area (Å²) in [6.07, 6.45) is 1.76. The van der Waals surface area contributed by atoms with E-state index in [0.29, 0.717) is 35.9 Å². The Morgan fingerprint density at radius 3 is 2.60 bits per heavy atom. The van der Waals surface area contributed by atoms with E-state index in [1.807, 2.05) is 23.6 Å². The molecule has 2 aromatic heterocycles. The molecule has 0 unspecified atom stereocenters. The van der Waals surface area contributed by atoms with Crippen LogP contribution in [0.3, 0.4) is 0 Å². The number of thiophene rings is 1. The van der Waals surface area contributed by atoms with Crippen molar-refractivity contribution in [2.24, 2.45) is 0 Å². The summed E-state index contributed by atoms with van der Waals surface area (Å²) in [5.41, 5.74) is 2.17. The number of nitrogens with one attached hydrogen (secondary N) is 2. The van der Waals surface area contributed by atoms with Crippen LogP contribution in [0.15, 0.2) is 60.1 Å². The molecule has 0 saturated carbocycles. The topological polar surface area (TPSA) is 83.6 Å². The van der Waals surface area contributed by atoms with Gasteiger partial charge in [-0.1, -0.05) is 6.07 Å². The van der Waals surface area contributed by atoms with Crippen LogP contribution in [0.5, 0.6) is 0 Å². The number of ether oxygens (including phenoxy) is 1. The number of benzene rings is 1. The molecule has 1 fully saturated rings. The number of carbonyl (C=O) groups excluding carboxylic acids is 2. The van der Waals surface area contributed by atoms with Crippen molar-refractivity contribution in [3.05, 3.63) is 76.1 Å². The molecule has 1 aliphatic rings. The molecular formula is C22H22N4O3S. The quantitative estimate of drug-likeness (QED) is 0.638. The first-order valence-electron chi connectivity index (χ1n) is 9.70. The first-order chi connectivity index (χ1) is 14.7. The highest BCUT2D eigenvalue weighted by Gasteiger charge is 2.13. The van der Waals surface area contributed by atoms with E-state index < -0.39 is 0 Å². The van der Waals surface area contributed by atoms with E-state index in [-0.39, 0.29) is 11.8 Å². The van der Waals surface area contributed by atoms with Gasteiger partial charge in [-0.25, -0.2) is 4.98 Å². The Kier molecular flexibility index (Phi) is 6.36. The van der Waals surface area contributed by atoms with Crippen molar-refractivity contribution < 1.29 is 14.3 Å². The zero-order valence-electron chi connectivity index (χ0n) is 16.3. The molecule has 154 valence electrons. The van der Waals surface area contributed by atoms with Gasteiger partial charge >= 0.3 is 0 Å². The summed E-state index contributed by atoms with van der Waals surface area (Å²) in [4.78, 5) is 31.8. The summed E-state index contributed by atoms with van der Waals surface area (Å²) in [6, 6.07) is 14.3. The lowest BCUT2D eigenvalue weighted by molar-refractivity contribution is 0.0950. The fourth-order valence-corrected chi connectivity index (χ4v) is 3.74. The average Bonchev–Trinajstić information content (AvgIpc) is 3.34. The number of amides is 2. The van der Waals surface area contributed by atoms with Crippen molar-refractivity contribution in [2.75, 3.05) is 36.5 Å². The Hall–Kier alpha value is -3.23. The lowest BCUT2D eigenvalue weighted by Crippen LogP contribution is -2.36. The zero-order valence-corrected chi connectivity index (χ0v) is 17.2. The Morgan fingerprint density at radius 2 is 1.87 bits per heavy atom. The van der Waals surface area contributed by atoms with Crippen molar-refractivity contribution in [2.45, 2.75) is 6.54 Å². The zero-order chi connectivity index (χ0) is 20.8. The first-order valence-corrected chi connectivity index (χ1v) is 10.6. The van der Waals surface area contributed by atoms with Gasteiger partial charge in [0.2, 0.25) is 0 Å². The van der Waals surface area contributed by atoms with Crippen molar-refractivity contribution >= 4 is 34.7 Å². The molecule has 2 amide bonds. The predicted octanol–water partition coefficient (Wildman–Crippen LogP) is 3.16. The second-order valence-corrected chi connectivity index (χ2v) is 7.76. The summed E-state index contributed by atoms with van der Waals surface area (Å²) < 4.78 is 5.38. The lowest BCUT2D eigenvalue weighted by atomic mass is 10.2. The van der Waals surface area contributed by atoms with E-state index in [1.165, 1.54) is 11.3 Å². The molecule has 0 aliphatic carbocycles. The van der Waals surface area contributed by atoms with Crippen LogP contribution < -0.4 is 15.5 Å². The molecule has 2 N–H and O–H groups in total. The second-order valence-electron chi connectivity index (χ2n) is 6.81. The fraction of sp³-hybridized carbons (Fsp3) is 0.227. The molecule has 0 spiro atoms. The van der Waals surface area contributed by atoms with Crippen molar-refractivity contribution in [1.29, 1.82) is 0 Å². The average molecular weight is 423 g/mol. The van der Waals surface area contributed by atoms with Crippen LogP contribution >= 0.6 is 11.3 Å². The smallest absolute Gasteiger partial charge is 0.265 e. The third-order valence-corrected chi connectivity index (χ3v) is 5.62. The van der Waals surface area contributed by atoms with Crippen LogP contribution in [-0.2, 0) is 11.3 Å². The Balaban J connectivity index is 1.32. The van der Waals surface area contributed by atoms with Crippen molar-refractivity contribution in [3.8, 4) is 0 Å². The summed E-state index contributed by atoms with van der Waals surface area (Å²) in [5, 5.41) is 7.61. The van der Waals surface area contributed by atoms with Gasteiger partial charge in [-0.2, -0.15) is 0 Å². The highest BCUT2D eigenvalue weighted by Crippen LogP contribution is 2.16. The third kappa shape index (κ3) is 5.03. The number of carbonyl (C=O) groups is 2. The number of aromatic nitrogens is 1. The highest BCUT2D eigenvalue weighted by molar-refractivity contribution is 7.12. The minimum absolute atomic E-state index is 0.157. The monoisotopic (exact) mass is 422 g/mol. The number of morpholine rings is 1. The minimum Gasteiger partial charge on any atom is -0.378 e. The largest absolute Gasteiger partial charge is 0.378 e. The lowest BCUT2D eigenvalue weighted by Gasteiger charge is -2.28. The maximum atomic E-state index is 12.5. The molecule has 7 nitrogen and oxygen atoms in total. The van der Waals surface area contributed by atoms with Gasteiger partial charge < -0.3 is 20.3 Å². The summed E-state index contributed by atoms with van der Waals surface area (Å²) in [7, 11) is 0. The van der Waals surface area contributed by atoms with Gasteiger partial charge in [-0.3, -0.25) is 9.59 Å². The van der Waals surface area contributed by atoms with Gasteiger partial charge in [0.1, 0.15) is 5.82 Å². The molecule has 0 radical (unpaired) electrons. The molecular weight excluding hydrogens is 400 g/mol. The molecule has 3 aromatic rings. The summed E-state index contributed by atoms with van der Waals surface area (Å²) in [5.74, 6) is 0.572. The minimum atomic E-state index is -0.170. The Morgan fingerprint density at radius 1 is 1.07 bits per heavy atom. The molecule has 3 heterocycles. The van der Waals surface area contributed by atoms with Gasteiger partial charge in [0.15, 0.2) is 0 Å². The molecule has 8 heteroatoms. The maximum absolute atomic E-state index is 12.5. The molecule has 0 atom stereocenters. The number of rotatable bonds is 6. The SMILES string of the molecule is O=C(NCc1ccnc(N2CCOCC2)c1)c1ccc(NC(=O)c2cccs2)cc1. The van der Waals surface area contributed by atoms with Crippen LogP contribution in [0.25, 0.3) is 0 Å². The molecule has 4 rings (SSSR count). The van der Waals surface area contributed by atoms with Crippen molar-refractivity contribution in [1.82, 2.24) is 10.3 Å². The van der Waals surface area contributed by atoms with Crippen LogP contribution in [0.4, 0.5) is 11.5 Å². The van der Waals surface area contributed by atoms with E-state index >= 15 is 0 Å². The maximum Gasteiger partial charge on any atom is 0.265 e. The molecule has 1 saturated heterocycles. The van der Waals surface area contributed by atoms with E-state index in [0.717, 1.165) is 24.5 Å². The summed E-state index contributed by atoms with van der Waals surface area (Å²) in [6.45, 7) is 3.45.